The molecule has 1 nitrogen and oxygen atoms in total. The fourth-order valence-corrected chi connectivity index (χ4v) is 7.68. The maximum atomic E-state index is 14.2. The number of rotatable bonds is 5. The molecule has 0 saturated heterocycles. The summed E-state index contributed by atoms with van der Waals surface area (Å²) in [7, 11) is -2.44. The molecule has 0 amide bonds. The lowest BCUT2D eigenvalue weighted by atomic mass is 9.51. The van der Waals surface area contributed by atoms with Gasteiger partial charge in [-0.2, -0.15) is 0 Å². The van der Waals surface area contributed by atoms with E-state index in [-0.39, 0.29) is 0 Å². The van der Waals surface area contributed by atoms with E-state index in [1.54, 1.807) is 0 Å². The minimum atomic E-state index is -2.44. The highest BCUT2D eigenvalue weighted by molar-refractivity contribution is 7.66. The van der Waals surface area contributed by atoms with E-state index in [2.05, 4.69) is 68.5 Å². The summed E-state index contributed by atoms with van der Waals surface area (Å²) >= 11 is 0. The summed E-state index contributed by atoms with van der Waals surface area (Å²) in [5, 5.41) is 1.26. The van der Waals surface area contributed by atoms with Gasteiger partial charge in [-0.1, -0.05) is 80.6 Å². The van der Waals surface area contributed by atoms with Crippen LogP contribution in [0.15, 0.2) is 72.1 Å². The number of hydrogen-bond acceptors (Lipinski definition) is 1. The molecular formula is C23H27OP. The van der Waals surface area contributed by atoms with E-state index in [0.29, 0.717) is 29.6 Å². The monoisotopic (exact) mass is 350 g/mol. The molecule has 3 aliphatic carbocycles. The van der Waals surface area contributed by atoms with E-state index < -0.39 is 7.14 Å². The average Bonchev–Trinajstić information content (AvgIpc) is 2.63. The van der Waals surface area contributed by atoms with Crippen molar-refractivity contribution in [2.24, 2.45) is 17.3 Å². The molecular weight excluding hydrogens is 323 g/mol. The van der Waals surface area contributed by atoms with Crippen LogP contribution < -0.4 is 0 Å². The smallest absolute Gasteiger partial charge is 0.119 e. The van der Waals surface area contributed by atoms with Gasteiger partial charge in [0.15, 0.2) is 0 Å². The van der Waals surface area contributed by atoms with Gasteiger partial charge in [0.2, 0.25) is 0 Å². The first kappa shape index (κ1) is 16.9. The molecule has 5 rings (SSSR count). The molecule has 0 heterocycles. The summed E-state index contributed by atoms with van der Waals surface area (Å²) in [6.07, 6.45) is 6.09. The van der Waals surface area contributed by atoms with Crippen LogP contribution in [0.25, 0.3) is 0 Å². The van der Waals surface area contributed by atoms with Crippen molar-refractivity contribution in [2.75, 3.05) is 0 Å². The summed E-state index contributed by atoms with van der Waals surface area (Å²) in [5.74, 6) is 1.32. The molecule has 0 N–H and O–H groups in total. The van der Waals surface area contributed by atoms with Crippen molar-refractivity contribution < 1.29 is 4.57 Å². The molecule has 0 aromatic heterocycles. The van der Waals surface area contributed by atoms with Gasteiger partial charge in [0.25, 0.3) is 0 Å². The predicted molar refractivity (Wildman–Crippen MR) is 106 cm³/mol. The maximum Gasteiger partial charge on any atom is 0.119 e. The molecule has 2 heteroatoms. The first-order chi connectivity index (χ1) is 12.0. The summed E-state index contributed by atoms with van der Waals surface area (Å²) in [4.78, 5) is 0. The largest absolute Gasteiger partial charge is 0.318 e. The normalized spacial score (nSPS) is 24.3. The van der Waals surface area contributed by atoms with Gasteiger partial charge in [-0.15, -0.1) is 0 Å². The summed E-state index contributed by atoms with van der Waals surface area (Å²) in [6, 6.07) is 20.7. The van der Waals surface area contributed by atoms with Crippen molar-refractivity contribution in [1.29, 1.82) is 0 Å². The van der Waals surface area contributed by atoms with Crippen LogP contribution in [-0.4, -0.2) is 0 Å². The van der Waals surface area contributed by atoms with Gasteiger partial charge in [0.1, 0.15) is 7.14 Å². The van der Waals surface area contributed by atoms with Crippen molar-refractivity contribution in [1.82, 2.24) is 0 Å². The van der Waals surface area contributed by atoms with Crippen LogP contribution in [0.4, 0.5) is 0 Å². The topological polar surface area (TPSA) is 17.1 Å². The van der Waals surface area contributed by atoms with Crippen LogP contribution >= 0.6 is 7.14 Å². The molecule has 2 bridgehead atoms. The molecule has 0 aliphatic heterocycles. The second-order valence-corrected chi connectivity index (χ2v) is 11.4. The maximum absolute atomic E-state index is 14.2. The van der Waals surface area contributed by atoms with Gasteiger partial charge in [0, 0.05) is 12.3 Å². The van der Waals surface area contributed by atoms with E-state index in [1.807, 2.05) is 12.1 Å². The SMILES string of the molecule is CC1(C)[C@H]2CC(P(=O)(Cc3ccccc3)Cc3ccccc3)=C[C@H]1C2. The number of allylic oxidation sites excluding steroid dienone is 2. The Bertz CT molecular complexity index is 774. The Labute approximate surface area is 151 Å². The van der Waals surface area contributed by atoms with Gasteiger partial charge < -0.3 is 4.57 Å². The molecule has 130 valence electrons. The predicted octanol–water partition coefficient (Wildman–Crippen LogP) is 6.70. The van der Waals surface area contributed by atoms with Crippen molar-refractivity contribution in [3.05, 3.63) is 83.2 Å². The summed E-state index contributed by atoms with van der Waals surface area (Å²) in [5.41, 5.74) is 2.79. The highest BCUT2D eigenvalue weighted by Gasteiger charge is 2.51. The molecule has 2 atom stereocenters. The lowest BCUT2D eigenvalue weighted by molar-refractivity contribution is 0.00151. The molecule has 0 unspecified atom stereocenters. The fraction of sp³-hybridized carbons (Fsp3) is 0.391. The first-order valence-corrected chi connectivity index (χ1v) is 11.4. The van der Waals surface area contributed by atoms with Crippen LogP contribution in [0.1, 0.15) is 37.8 Å². The highest BCUT2D eigenvalue weighted by atomic mass is 31.2. The van der Waals surface area contributed by atoms with Crippen molar-refractivity contribution in [3.63, 3.8) is 0 Å². The van der Waals surface area contributed by atoms with Gasteiger partial charge >= 0.3 is 0 Å². The van der Waals surface area contributed by atoms with E-state index in [9.17, 15) is 4.57 Å². The third-order valence-electron chi connectivity index (χ3n) is 6.48. The standard InChI is InChI=1S/C23H27OP/c1-23(2)20-13-21(23)15-22(14-20)25(24,16-18-9-5-3-6-10-18)17-19-11-7-4-8-12-19/h3-12,14,20-21H,13,15-17H2,1-2H3/t20-,21-/m1/s1. The summed E-state index contributed by atoms with van der Waals surface area (Å²) < 4.78 is 14.2. The van der Waals surface area contributed by atoms with E-state index in [4.69, 9.17) is 0 Å². The Morgan fingerprint density at radius 1 is 0.920 bits per heavy atom. The van der Waals surface area contributed by atoms with E-state index in [1.165, 1.54) is 22.9 Å². The minimum absolute atomic E-state index is 0.397. The quantitative estimate of drug-likeness (QED) is 0.548. The Hall–Kier alpha value is -1.59. The third-order valence-corrected chi connectivity index (χ3v) is 9.61. The molecule has 0 spiro atoms. The fourth-order valence-electron chi connectivity index (χ4n) is 4.56. The first-order valence-electron chi connectivity index (χ1n) is 9.34. The molecule has 25 heavy (non-hydrogen) atoms. The molecule has 2 aromatic rings. The zero-order chi connectivity index (χ0) is 17.5. The Kier molecular flexibility index (Phi) is 4.24. The Morgan fingerprint density at radius 2 is 1.44 bits per heavy atom. The van der Waals surface area contributed by atoms with E-state index >= 15 is 0 Å². The van der Waals surface area contributed by atoms with Gasteiger partial charge in [-0.05, 0) is 46.5 Å². The average molecular weight is 350 g/mol. The zero-order valence-corrected chi connectivity index (χ0v) is 16.1. The Morgan fingerprint density at radius 3 is 1.84 bits per heavy atom. The minimum Gasteiger partial charge on any atom is -0.318 e. The van der Waals surface area contributed by atoms with Crippen LogP contribution in [0.2, 0.25) is 0 Å². The molecule has 1 saturated carbocycles. The second-order valence-electron chi connectivity index (χ2n) is 8.40. The van der Waals surface area contributed by atoms with E-state index in [0.717, 1.165) is 6.42 Å². The van der Waals surface area contributed by atoms with Crippen LogP contribution in [0.3, 0.4) is 0 Å². The zero-order valence-electron chi connectivity index (χ0n) is 15.2. The van der Waals surface area contributed by atoms with Gasteiger partial charge in [-0.3, -0.25) is 0 Å². The van der Waals surface area contributed by atoms with Crippen molar-refractivity contribution >= 4 is 7.14 Å². The van der Waals surface area contributed by atoms with Crippen LogP contribution in [-0.2, 0) is 16.9 Å². The molecule has 2 aromatic carbocycles. The second kappa shape index (κ2) is 6.29. The molecule has 3 aliphatic rings. The summed E-state index contributed by atoms with van der Waals surface area (Å²) in [6.45, 7) is 4.75. The number of fused-ring (bicyclic) bond motifs is 1. The third kappa shape index (κ3) is 3.15. The number of benzene rings is 2. The number of hydrogen-bond donors (Lipinski definition) is 0. The van der Waals surface area contributed by atoms with Crippen LogP contribution in [0, 0.1) is 17.3 Å². The van der Waals surface area contributed by atoms with Crippen molar-refractivity contribution in [2.45, 2.75) is 39.0 Å². The lowest BCUT2D eigenvalue weighted by Gasteiger charge is -2.55. The van der Waals surface area contributed by atoms with Crippen LogP contribution in [0.5, 0.6) is 0 Å². The molecule has 1 fully saturated rings. The molecule has 0 radical (unpaired) electrons. The van der Waals surface area contributed by atoms with Crippen molar-refractivity contribution in [3.8, 4) is 0 Å². The highest BCUT2D eigenvalue weighted by Crippen LogP contribution is 2.68. The Balaban J connectivity index is 1.68. The lowest BCUT2D eigenvalue weighted by Crippen LogP contribution is -2.46. The van der Waals surface area contributed by atoms with Gasteiger partial charge in [0.05, 0.1) is 0 Å². The van der Waals surface area contributed by atoms with Gasteiger partial charge in [-0.25, -0.2) is 0 Å².